The molecule has 0 unspecified atom stereocenters. The summed E-state index contributed by atoms with van der Waals surface area (Å²) in [5.74, 6) is 0.282. The van der Waals surface area contributed by atoms with Crippen molar-refractivity contribution in [1.82, 2.24) is 4.98 Å². The van der Waals surface area contributed by atoms with Crippen LogP contribution in [0.2, 0.25) is 0 Å². The molecule has 4 nitrogen and oxygen atoms in total. The van der Waals surface area contributed by atoms with Crippen LogP contribution in [-0.4, -0.2) is 16.6 Å². The highest BCUT2D eigenvalue weighted by Crippen LogP contribution is 2.21. The second-order valence-electron chi connectivity index (χ2n) is 4.95. The Balaban J connectivity index is 2.25. The molecule has 0 aliphatic rings. The SMILES string of the molecule is CC(C)(C)OC(=O)c1cccc(-c2cnco2)c1. The molecule has 0 fully saturated rings. The minimum atomic E-state index is -0.501. The maximum atomic E-state index is 11.9. The Morgan fingerprint density at radius 2 is 2.11 bits per heavy atom. The van der Waals surface area contributed by atoms with Crippen molar-refractivity contribution in [2.45, 2.75) is 26.4 Å². The summed E-state index contributed by atoms with van der Waals surface area (Å²) in [5, 5.41) is 0. The molecule has 2 rings (SSSR count). The van der Waals surface area contributed by atoms with Crippen LogP contribution in [-0.2, 0) is 4.74 Å². The maximum absolute atomic E-state index is 11.9. The van der Waals surface area contributed by atoms with E-state index in [1.54, 1.807) is 24.4 Å². The average Bonchev–Trinajstić information content (AvgIpc) is 2.80. The van der Waals surface area contributed by atoms with Gasteiger partial charge in [-0.25, -0.2) is 9.78 Å². The van der Waals surface area contributed by atoms with Gasteiger partial charge in [0.1, 0.15) is 5.60 Å². The van der Waals surface area contributed by atoms with E-state index in [1.807, 2.05) is 26.8 Å². The highest BCUT2D eigenvalue weighted by atomic mass is 16.6. The molecule has 1 heterocycles. The van der Waals surface area contributed by atoms with E-state index in [-0.39, 0.29) is 5.97 Å². The molecule has 0 N–H and O–H groups in total. The minimum absolute atomic E-state index is 0.344. The second kappa shape index (κ2) is 4.64. The van der Waals surface area contributed by atoms with Gasteiger partial charge in [0.05, 0.1) is 11.8 Å². The lowest BCUT2D eigenvalue weighted by molar-refractivity contribution is 0.00696. The lowest BCUT2D eigenvalue weighted by Crippen LogP contribution is -2.23. The van der Waals surface area contributed by atoms with Crippen molar-refractivity contribution < 1.29 is 13.9 Å². The van der Waals surface area contributed by atoms with E-state index in [4.69, 9.17) is 9.15 Å². The highest BCUT2D eigenvalue weighted by molar-refractivity contribution is 5.91. The number of oxazole rings is 1. The monoisotopic (exact) mass is 245 g/mol. The Bertz CT molecular complexity index is 538. The zero-order valence-corrected chi connectivity index (χ0v) is 10.6. The summed E-state index contributed by atoms with van der Waals surface area (Å²) in [6.07, 6.45) is 2.96. The molecular formula is C14H15NO3. The third kappa shape index (κ3) is 2.97. The molecule has 0 saturated heterocycles. The summed E-state index contributed by atoms with van der Waals surface area (Å²) in [6, 6.07) is 7.09. The van der Waals surface area contributed by atoms with Gasteiger partial charge in [0.15, 0.2) is 12.2 Å². The van der Waals surface area contributed by atoms with Crippen LogP contribution in [0, 0.1) is 0 Å². The second-order valence-corrected chi connectivity index (χ2v) is 4.95. The van der Waals surface area contributed by atoms with E-state index in [0.29, 0.717) is 11.3 Å². The van der Waals surface area contributed by atoms with Crippen molar-refractivity contribution in [2.75, 3.05) is 0 Å². The fourth-order valence-corrected chi connectivity index (χ4v) is 1.49. The molecule has 1 aromatic carbocycles. The van der Waals surface area contributed by atoms with Gasteiger partial charge in [-0.1, -0.05) is 12.1 Å². The standard InChI is InChI=1S/C14H15NO3/c1-14(2,3)18-13(16)11-6-4-5-10(7-11)12-8-15-9-17-12/h4-9H,1-3H3. The lowest BCUT2D eigenvalue weighted by atomic mass is 10.1. The molecule has 1 aromatic heterocycles. The molecular weight excluding hydrogens is 230 g/mol. The van der Waals surface area contributed by atoms with Crippen LogP contribution in [0.4, 0.5) is 0 Å². The number of aromatic nitrogens is 1. The van der Waals surface area contributed by atoms with E-state index in [0.717, 1.165) is 5.56 Å². The third-order valence-electron chi connectivity index (χ3n) is 2.21. The first kappa shape index (κ1) is 12.4. The van der Waals surface area contributed by atoms with Gasteiger partial charge in [0, 0.05) is 5.56 Å². The largest absolute Gasteiger partial charge is 0.456 e. The number of rotatable bonds is 2. The van der Waals surface area contributed by atoms with Crippen molar-refractivity contribution in [3.8, 4) is 11.3 Å². The molecule has 0 bridgehead atoms. The van der Waals surface area contributed by atoms with Crippen LogP contribution in [0.25, 0.3) is 11.3 Å². The molecule has 0 aliphatic carbocycles. The van der Waals surface area contributed by atoms with Crippen LogP contribution >= 0.6 is 0 Å². The van der Waals surface area contributed by atoms with Crippen LogP contribution in [0.5, 0.6) is 0 Å². The quantitative estimate of drug-likeness (QED) is 0.762. The first-order chi connectivity index (χ1) is 8.46. The highest BCUT2D eigenvalue weighted by Gasteiger charge is 2.18. The Morgan fingerprint density at radius 3 is 2.72 bits per heavy atom. The molecule has 0 radical (unpaired) electrons. The van der Waals surface area contributed by atoms with Crippen molar-refractivity contribution in [2.24, 2.45) is 0 Å². The van der Waals surface area contributed by atoms with Crippen molar-refractivity contribution in [3.63, 3.8) is 0 Å². The van der Waals surface area contributed by atoms with Crippen molar-refractivity contribution in [1.29, 1.82) is 0 Å². The summed E-state index contributed by atoms with van der Waals surface area (Å²) in [7, 11) is 0. The van der Waals surface area contributed by atoms with Crippen LogP contribution in [0.1, 0.15) is 31.1 Å². The number of ether oxygens (including phenoxy) is 1. The zero-order valence-electron chi connectivity index (χ0n) is 10.6. The molecule has 0 saturated carbocycles. The van der Waals surface area contributed by atoms with Gasteiger partial charge in [-0.15, -0.1) is 0 Å². The fraction of sp³-hybridized carbons (Fsp3) is 0.286. The number of hydrogen-bond acceptors (Lipinski definition) is 4. The minimum Gasteiger partial charge on any atom is -0.456 e. The van der Waals surface area contributed by atoms with Crippen LogP contribution < -0.4 is 0 Å². The Kier molecular flexibility index (Phi) is 3.19. The predicted molar refractivity (Wildman–Crippen MR) is 67.1 cm³/mol. The smallest absolute Gasteiger partial charge is 0.338 e. The van der Waals surface area contributed by atoms with E-state index in [9.17, 15) is 4.79 Å². The third-order valence-corrected chi connectivity index (χ3v) is 2.21. The van der Waals surface area contributed by atoms with E-state index in [1.165, 1.54) is 6.39 Å². The summed E-state index contributed by atoms with van der Waals surface area (Å²) < 4.78 is 10.5. The predicted octanol–water partition coefficient (Wildman–Crippen LogP) is 3.30. The number of nitrogens with zero attached hydrogens (tertiary/aromatic N) is 1. The number of carbonyl (C=O) groups excluding carboxylic acids is 1. The van der Waals surface area contributed by atoms with Gasteiger partial charge >= 0.3 is 5.97 Å². The Morgan fingerprint density at radius 1 is 1.33 bits per heavy atom. The number of carbonyl (C=O) groups is 1. The number of hydrogen-bond donors (Lipinski definition) is 0. The first-order valence-electron chi connectivity index (χ1n) is 5.68. The van der Waals surface area contributed by atoms with Gasteiger partial charge in [0.2, 0.25) is 0 Å². The molecule has 94 valence electrons. The average molecular weight is 245 g/mol. The van der Waals surface area contributed by atoms with Crippen LogP contribution in [0.3, 0.4) is 0 Å². The molecule has 0 amide bonds. The van der Waals surface area contributed by atoms with Crippen molar-refractivity contribution >= 4 is 5.97 Å². The number of benzene rings is 1. The van der Waals surface area contributed by atoms with E-state index >= 15 is 0 Å². The topological polar surface area (TPSA) is 52.3 Å². The summed E-state index contributed by atoms with van der Waals surface area (Å²) in [5.41, 5.74) is 0.800. The molecule has 4 heteroatoms. The van der Waals surface area contributed by atoms with Gasteiger partial charge in [0.25, 0.3) is 0 Å². The molecule has 18 heavy (non-hydrogen) atoms. The normalized spacial score (nSPS) is 11.3. The lowest BCUT2D eigenvalue weighted by Gasteiger charge is -2.19. The van der Waals surface area contributed by atoms with E-state index < -0.39 is 5.60 Å². The molecule has 0 aliphatic heterocycles. The molecule has 0 spiro atoms. The van der Waals surface area contributed by atoms with Gasteiger partial charge in [-0.05, 0) is 32.9 Å². The van der Waals surface area contributed by atoms with E-state index in [2.05, 4.69) is 4.98 Å². The summed E-state index contributed by atoms with van der Waals surface area (Å²) >= 11 is 0. The first-order valence-corrected chi connectivity index (χ1v) is 5.68. The Labute approximate surface area is 106 Å². The number of esters is 1. The Hall–Kier alpha value is -2.10. The summed E-state index contributed by atoms with van der Waals surface area (Å²) in [4.78, 5) is 15.8. The zero-order chi connectivity index (χ0) is 13.2. The van der Waals surface area contributed by atoms with Crippen molar-refractivity contribution in [3.05, 3.63) is 42.4 Å². The van der Waals surface area contributed by atoms with Gasteiger partial charge in [-0.2, -0.15) is 0 Å². The summed E-state index contributed by atoms with van der Waals surface area (Å²) in [6.45, 7) is 5.52. The molecule has 0 atom stereocenters. The molecule has 2 aromatic rings. The fourth-order valence-electron chi connectivity index (χ4n) is 1.49. The van der Waals surface area contributed by atoms with Gasteiger partial charge in [-0.3, -0.25) is 0 Å². The van der Waals surface area contributed by atoms with Crippen LogP contribution in [0.15, 0.2) is 41.3 Å². The van der Waals surface area contributed by atoms with Gasteiger partial charge < -0.3 is 9.15 Å². The maximum Gasteiger partial charge on any atom is 0.338 e.